The van der Waals surface area contributed by atoms with E-state index in [0.717, 1.165) is 23.7 Å². The second-order valence-corrected chi connectivity index (χ2v) is 5.77. The molecule has 0 saturated carbocycles. The Hall–Kier alpha value is -1.68. The number of hydrogen-bond acceptors (Lipinski definition) is 4. The molecule has 1 aromatic carbocycles. The van der Waals surface area contributed by atoms with Crippen LogP contribution < -0.4 is 14.8 Å². The first-order valence-electron chi connectivity index (χ1n) is 6.91. The van der Waals surface area contributed by atoms with E-state index >= 15 is 0 Å². The molecule has 108 valence electrons. The third kappa shape index (κ3) is 3.90. The predicted octanol–water partition coefficient (Wildman–Crippen LogP) is 4.47. The first-order chi connectivity index (χ1) is 9.72. The van der Waals surface area contributed by atoms with Crippen LogP contribution in [0.25, 0.3) is 0 Å². The molecule has 2 aromatic rings. The van der Waals surface area contributed by atoms with E-state index in [0.29, 0.717) is 13.2 Å². The van der Waals surface area contributed by atoms with Crippen molar-refractivity contribution in [2.75, 3.05) is 18.5 Å². The summed E-state index contributed by atoms with van der Waals surface area (Å²) in [6.07, 6.45) is 0. The van der Waals surface area contributed by atoms with Crippen molar-refractivity contribution in [1.29, 1.82) is 0 Å². The van der Waals surface area contributed by atoms with Crippen molar-refractivity contribution in [1.82, 2.24) is 0 Å². The molecule has 4 heteroatoms. The zero-order chi connectivity index (χ0) is 14.4. The molecule has 0 aliphatic heterocycles. The maximum absolute atomic E-state index is 5.62. The largest absolute Gasteiger partial charge is 0.490 e. The molecule has 0 bridgehead atoms. The van der Waals surface area contributed by atoms with E-state index in [1.807, 2.05) is 43.4 Å². The van der Waals surface area contributed by atoms with Gasteiger partial charge < -0.3 is 14.8 Å². The quantitative estimate of drug-likeness (QED) is 0.816. The fraction of sp³-hybridized carbons (Fsp3) is 0.375. The molecule has 3 nitrogen and oxygen atoms in total. The first kappa shape index (κ1) is 14.7. The topological polar surface area (TPSA) is 30.5 Å². The van der Waals surface area contributed by atoms with Gasteiger partial charge in [0.25, 0.3) is 0 Å². The van der Waals surface area contributed by atoms with Gasteiger partial charge in [0.2, 0.25) is 0 Å². The molecule has 0 amide bonds. The van der Waals surface area contributed by atoms with Crippen LogP contribution in [0.3, 0.4) is 0 Å². The fourth-order valence-corrected chi connectivity index (χ4v) is 2.76. The highest BCUT2D eigenvalue weighted by atomic mass is 32.1. The van der Waals surface area contributed by atoms with Gasteiger partial charge in [0, 0.05) is 28.1 Å². The molecule has 1 aromatic heterocycles. The summed E-state index contributed by atoms with van der Waals surface area (Å²) in [6.45, 7) is 8.18. The highest BCUT2D eigenvalue weighted by Gasteiger charge is 2.06. The third-order valence-electron chi connectivity index (χ3n) is 2.81. The number of nitrogens with one attached hydrogen (secondary N) is 1. The van der Waals surface area contributed by atoms with E-state index < -0.39 is 0 Å². The molecule has 0 radical (unpaired) electrons. The molecule has 1 heterocycles. The summed E-state index contributed by atoms with van der Waals surface area (Å²) >= 11 is 1.81. The normalized spacial score (nSPS) is 10.3. The summed E-state index contributed by atoms with van der Waals surface area (Å²) in [7, 11) is 0. The standard InChI is InChI=1S/C16H21NO2S/c1-4-18-15-9-7-13(10-16(15)19-5-2)17-11-14-8-6-12(3)20-14/h6-10,17H,4-5,11H2,1-3H3. The lowest BCUT2D eigenvalue weighted by Gasteiger charge is -2.13. The Morgan fingerprint density at radius 3 is 2.40 bits per heavy atom. The van der Waals surface area contributed by atoms with Crippen molar-refractivity contribution in [3.8, 4) is 11.5 Å². The van der Waals surface area contributed by atoms with E-state index in [1.165, 1.54) is 9.75 Å². The molecule has 2 rings (SSSR count). The summed E-state index contributed by atoms with van der Waals surface area (Å²) < 4.78 is 11.2. The maximum atomic E-state index is 5.62. The number of thiophene rings is 1. The number of rotatable bonds is 7. The van der Waals surface area contributed by atoms with Gasteiger partial charge in [-0.05, 0) is 45.0 Å². The molecule has 20 heavy (non-hydrogen) atoms. The number of anilines is 1. The Bertz CT molecular complexity index is 551. The van der Waals surface area contributed by atoms with Crippen LogP contribution >= 0.6 is 11.3 Å². The van der Waals surface area contributed by atoms with Crippen molar-refractivity contribution >= 4 is 17.0 Å². The second-order valence-electron chi connectivity index (χ2n) is 4.39. The number of hydrogen-bond donors (Lipinski definition) is 1. The molecule has 0 spiro atoms. The molecule has 1 N–H and O–H groups in total. The molecule has 0 atom stereocenters. The minimum atomic E-state index is 0.633. The van der Waals surface area contributed by atoms with Gasteiger partial charge in [-0.25, -0.2) is 0 Å². The van der Waals surface area contributed by atoms with Gasteiger partial charge in [-0.1, -0.05) is 0 Å². The molecule has 0 aliphatic rings. The van der Waals surface area contributed by atoms with Gasteiger partial charge in [-0.2, -0.15) is 0 Å². The Morgan fingerprint density at radius 2 is 1.75 bits per heavy atom. The van der Waals surface area contributed by atoms with Crippen LogP contribution in [0, 0.1) is 6.92 Å². The highest BCUT2D eigenvalue weighted by molar-refractivity contribution is 7.11. The molecule has 0 fully saturated rings. The minimum Gasteiger partial charge on any atom is -0.490 e. The summed E-state index contributed by atoms with van der Waals surface area (Å²) in [5, 5.41) is 3.42. The zero-order valence-corrected chi connectivity index (χ0v) is 13.0. The number of ether oxygens (including phenoxy) is 2. The van der Waals surface area contributed by atoms with Gasteiger partial charge >= 0.3 is 0 Å². The zero-order valence-electron chi connectivity index (χ0n) is 12.2. The van der Waals surface area contributed by atoms with Gasteiger partial charge in [0.05, 0.1) is 13.2 Å². The van der Waals surface area contributed by atoms with E-state index in [1.54, 1.807) is 0 Å². The smallest absolute Gasteiger partial charge is 0.163 e. The molecular formula is C16H21NO2S. The number of aryl methyl sites for hydroxylation is 1. The lowest BCUT2D eigenvalue weighted by Crippen LogP contribution is -2.01. The van der Waals surface area contributed by atoms with E-state index in [9.17, 15) is 0 Å². The molecular weight excluding hydrogens is 270 g/mol. The number of benzene rings is 1. The first-order valence-corrected chi connectivity index (χ1v) is 7.73. The van der Waals surface area contributed by atoms with Crippen molar-refractivity contribution in [2.45, 2.75) is 27.3 Å². The van der Waals surface area contributed by atoms with Gasteiger partial charge in [0.15, 0.2) is 11.5 Å². The average molecular weight is 291 g/mol. The van der Waals surface area contributed by atoms with E-state index in [2.05, 4.69) is 24.4 Å². The van der Waals surface area contributed by atoms with Gasteiger partial charge in [-0.15, -0.1) is 11.3 Å². The average Bonchev–Trinajstić information content (AvgIpc) is 2.85. The van der Waals surface area contributed by atoms with Gasteiger partial charge in [0.1, 0.15) is 0 Å². The SMILES string of the molecule is CCOc1ccc(NCc2ccc(C)s2)cc1OCC. The van der Waals surface area contributed by atoms with Crippen LogP contribution in [0.15, 0.2) is 30.3 Å². The lowest BCUT2D eigenvalue weighted by atomic mass is 10.2. The maximum Gasteiger partial charge on any atom is 0.163 e. The van der Waals surface area contributed by atoms with Crippen molar-refractivity contribution in [3.05, 3.63) is 40.1 Å². The second kappa shape index (κ2) is 7.20. The van der Waals surface area contributed by atoms with Crippen molar-refractivity contribution in [3.63, 3.8) is 0 Å². The summed E-state index contributed by atoms with van der Waals surface area (Å²) in [5.74, 6) is 1.59. The summed E-state index contributed by atoms with van der Waals surface area (Å²) in [5.41, 5.74) is 1.04. The van der Waals surface area contributed by atoms with E-state index in [-0.39, 0.29) is 0 Å². The van der Waals surface area contributed by atoms with Crippen LogP contribution in [0.5, 0.6) is 11.5 Å². The Balaban J connectivity index is 2.05. The van der Waals surface area contributed by atoms with Crippen LogP contribution in [0.2, 0.25) is 0 Å². The van der Waals surface area contributed by atoms with Crippen molar-refractivity contribution < 1.29 is 9.47 Å². The summed E-state index contributed by atoms with van der Waals surface area (Å²) in [4.78, 5) is 2.66. The van der Waals surface area contributed by atoms with Gasteiger partial charge in [-0.3, -0.25) is 0 Å². The van der Waals surface area contributed by atoms with Crippen molar-refractivity contribution in [2.24, 2.45) is 0 Å². The Labute approximate surface area is 124 Å². The molecule has 0 unspecified atom stereocenters. The van der Waals surface area contributed by atoms with Crippen LogP contribution in [-0.4, -0.2) is 13.2 Å². The highest BCUT2D eigenvalue weighted by Crippen LogP contribution is 2.31. The molecule has 0 saturated heterocycles. The van der Waals surface area contributed by atoms with E-state index in [4.69, 9.17) is 9.47 Å². The minimum absolute atomic E-state index is 0.633. The van der Waals surface area contributed by atoms with Crippen LogP contribution in [0.1, 0.15) is 23.6 Å². The molecule has 0 aliphatic carbocycles. The van der Waals surface area contributed by atoms with Crippen LogP contribution in [-0.2, 0) is 6.54 Å². The fourth-order valence-electron chi connectivity index (χ4n) is 1.93. The Morgan fingerprint density at radius 1 is 1.00 bits per heavy atom. The Kier molecular flexibility index (Phi) is 5.30. The predicted molar refractivity (Wildman–Crippen MR) is 85.2 cm³/mol. The monoisotopic (exact) mass is 291 g/mol. The lowest BCUT2D eigenvalue weighted by molar-refractivity contribution is 0.288. The summed E-state index contributed by atoms with van der Waals surface area (Å²) in [6, 6.07) is 10.3. The van der Waals surface area contributed by atoms with Crippen LogP contribution in [0.4, 0.5) is 5.69 Å². The third-order valence-corrected chi connectivity index (χ3v) is 3.81.